The number of hydrogen-bond acceptors (Lipinski definition) is 4. The first kappa shape index (κ1) is 22.4. The van der Waals surface area contributed by atoms with Crippen molar-refractivity contribution in [3.8, 4) is 0 Å². The predicted molar refractivity (Wildman–Crippen MR) is 92.7 cm³/mol. The Morgan fingerprint density at radius 1 is 0.917 bits per heavy atom. The van der Waals surface area contributed by atoms with Crippen molar-refractivity contribution in [3.63, 3.8) is 0 Å². The molecule has 0 aliphatic heterocycles. The highest BCUT2D eigenvalue weighted by Gasteiger charge is 2.24. The molecule has 2 N–H and O–H groups in total. The van der Waals surface area contributed by atoms with E-state index >= 15 is 0 Å². The van der Waals surface area contributed by atoms with Crippen LogP contribution in [0.15, 0.2) is 0 Å². The zero-order chi connectivity index (χ0) is 18.2. The summed E-state index contributed by atoms with van der Waals surface area (Å²) in [6, 6.07) is -1.11. The summed E-state index contributed by atoms with van der Waals surface area (Å²) in [5, 5.41) is 11.2. The van der Waals surface area contributed by atoms with Gasteiger partial charge in [0.05, 0.1) is 13.5 Å². The Morgan fingerprint density at radius 3 is 1.88 bits per heavy atom. The molecule has 140 valence electrons. The fraction of sp³-hybridized carbons (Fsp3) is 0.833. The van der Waals surface area contributed by atoms with Crippen molar-refractivity contribution < 1.29 is 24.2 Å². The van der Waals surface area contributed by atoms with E-state index in [9.17, 15) is 14.4 Å². The highest BCUT2D eigenvalue weighted by atomic mass is 16.5. The van der Waals surface area contributed by atoms with Gasteiger partial charge in [-0.25, -0.2) is 4.79 Å². The topological polar surface area (TPSA) is 92.7 Å². The summed E-state index contributed by atoms with van der Waals surface area (Å²) in [5.41, 5.74) is 0. The molecule has 1 unspecified atom stereocenters. The normalized spacial score (nSPS) is 11.8. The third kappa shape index (κ3) is 12.9. The van der Waals surface area contributed by atoms with E-state index in [0.717, 1.165) is 19.3 Å². The Bertz CT molecular complexity index is 370. The Kier molecular flexibility index (Phi) is 14.0. The Labute approximate surface area is 145 Å². The number of rotatable bonds is 15. The number of carbonyl (C=O) groups excluding carboxylic acids is 2. The van der Waals surface area contributed by atoms with Gasteiger partial charge in [0.1, 0.15) is 6.04 Å². The zero-order valence-electron chi connectivity index (χ0n) is 15.1. The molecule has 24 heavy (non-hydrogen) atoms. The monoisotopic (exact) mass is 343 g/mol. The lowest BCUT2D eigenvalue weighted by Crippen LogP contribution is -2.42. The summed E-state index contributed by atoms with van der Waals surface area (Å²) in [6.07, 6.45) is 11.6. The molecule has 0 aromatic rings. The zero-order valence-corrected chi connectivity index (χ0v) is 15.1. The van der Waals surface area contributed by atoms with Crippen LogP contribution in [0.5, 0.6) is 0 Å². The molecule has 0 saturated carbocycles. The number of methoxy groups -OCH3 is 1. The fourth-order valence-electron chi connectivity index (χ4n) is 2.55. The van der Waals surface area contributed by atoms with Gasteiger partial charge in [0, 0.05) is 6.42 Å². The molecule has 0 aromatic heterocycles. The number of unbranched alkanes of at least 4 members (excludes halogenated alkanes) is 9. The molecule has 6 nitrogen and oxygen atoms in total. The molecular formula is C18H33NO5. The number of aliphatic carboxylic acids is 1. The van der Waals surface area contributed by atoms with Gasteiger partial charge in [-0.2, -0.15) is 0 Å². The number of carbonyl (C=O) groups is 3. The van der Waals surface area contributed by atoms with Gasteiger partial charge in [0.25, 0.3) is 0 Å². The van der Waals surface area contributed by atoms with Crippen molar-refractivity contribution in [1.29, 1.82) is 0 Å². The third-order valence-corrected chi connectivity index (χ3v) is 3.96. The maximum atomic E-state index is 11.8. The number of ether oxygens (including phenoxy) is 1. The molecule has 1 amide bonds. The van der Waals surface area contributed by atoms with Crippen LogP contribution in [0.3, 0.4) is 0 Å². The van der Waals surface area contributed by atoms with Gasteiger partial charge in [-0.15, -0.1) is 0 Å². The third-order valence-electron chi connectivity index (χ3n) is 3.96. The largest absolute Gasteiger partial charge is 0.481 e. The van der Waals surface area contributed by atoms with Crippen molar-refractivity contribution in [1.82, 2.24) is 5.32 Å². The maximum absolute atomic E-state index is 11.8. The average Bonchev–Trinajstić information content (AvgIpc) is 2.54. The summed E-state index contributed by atoms with van der Waals surface area (Å²) in [6.45, 7) is 2.21. The van der Waals surface area contributed by atoms with Gasteiger partial charge in [0.2, 0.25) is 5.91 Å². The number of hydrogen-bond donors (Lipinski definition) is 2. The Morgan fingerprint density at radius 2 is 1.42 bits per heavy atom. The minimum absolute atomic E-state index is 0.300. The standard InChI is InChI=1S/C18H33NO5/c1-3-4-5-6-7-8-9-10-11-12-13-16(20)19-15(14-17(21)22)18(23)24-2/h15H,3-14H2,1-2H3,(H,19,20)(H,21,22). The van der Waals surface area contributed by atoms with Gasteiger partial charge in [-0.3, -0.25) is 9.59 Å². The van der Waals surface area contributed by atoms with Crippen molar-refractivity contribution >= 4 is 17.8 Å². The molecule has 0 fully saturated rings. The Balaban J connectivity index is 3.70. The van der Waals surface area contributed by atoms with Gasteiger partial charge >= 0.3 is 11.9 Å². The lowest BCUT2D eigenvalue weighted by Gasteiger charge is -2.14. The second-order valence-corrected chi connectivity index (χ2v) is 6.17. The molecule has 0 aliphatic rings. The smallest absolute Gasteiger partial charge is 0.328 e. The summed E-state index contributed by atoms with van der Waals surface area (Å²) in [5.74, 6) is -2.18. The van der Waals surface area contributed by atoms with E-state index in [-0.39, 0.29) is 5.91 Å². The van der Waals surface area contributed by atoms with Crippen LogP contribution in [0.1, 0.15) is 84.0 Å². The fourth-order valence-corrected chi connectivity index (χ4v) is 2.55. The number of carboxylic acids is 1. The highest BCUT2D eigenvalue weighted by molar-refractivity contribution is 5.87. The van der Waals surface area contributed by atoms with Crippen molar-refractivity contribution in [2.24, 2.45) is 0 Å². The number of amides is 1. The Hall–Kier alpha value is -1.59. The molecular weight excluding hydrogens is 310 g/mol. The number of esters is 1. The molecule has 0 aromatic carbocycles. The molecule has 0 rings (SSSR count). The lowest BCUT2D eigenvalue weighted by molar-refractivity contribution is -0.149. The summed E-state index contributed by atoms with van der Waals surface area (Å²) in [7, 11) is 1.17. The molecule has 6 heteroatoms. The van der Waals surface area contributed by atoms with Crippen molar-refractivity contribution in [3.05, 3.63) is 0 Å². The van der Waals surface area contributed by atoms with Crippen LogP contribution in [0.2, 0.25) is 0 Å². The van der Waals surface area contributed by atoms with E-state index < -0.39 is 24.4 Å². The minimum atomic E-state index is -1.15. The van der Waals surface area contributed by atoms with E-state index in [4.69, 9.17) is 5.11 Å². The van der Waals surface area contributed by atoms with Crippen LogP contribution in [0, 0.1) is 0 Å². The molecule has 0 spiro atoms. The van der Waals surface area contributed by atoms with Crippen LogP contribution in [0.4, 0.5) is 0 Å². The van der Waals surface area contributed by atoms with E-state index in [1.54, 1.807) is 0 Å². The number of nitrogens with one attached hydrogen (secondary N) is 1. The number of carboxylic acid groups (broad SMARTS) is 1. The quantitative estimate of drug-likeness (QED) is 0.351. The van der Waals surface area contributed by atoms with Crippen LogP contribution in [0.25, 0.3) is 0 Å². The molecule has 0 aliphatic carbocycles. The first-order valence-corrected chi connectivity index (χ1v) is 9.10. The molecule has 0 bridgehead atoms. The minimum Gasteiger partial charge on any atom is -0.481 e. The molecule has 0 radical (unpaired) electrons. The summed E-state index contributed by atoms with van der Waals surface area (Å²) >= 11 is 0. The maximum Gasteiger partial charge on any atom is 0.328 e. The van der Waals surface area contributed by atoms with Gasteiger partial charge in [-0.1, -0.05) is 64.7 Å². The van der Waals surface area contributed by atoms with Gasteiger partial charge in [-0.05, 0) is 6.42 Å². The predicted octanol–water partition coefficient (Wildman–Crippen LogP) is 3.43. The molecule has 0 saturated heterocycles. The van der Waals surface area contributed by atoms with Crippen LogP contribution < -0.4 is 5.32 Å². The van der Waals surface area contributed by atoms with Crippen LogP contribution in [-0.4, -0.2) is 36.1 Å². The highest BCUT2D eigenvalue weighted by Crippen LogP contribution is 2.11. The van der Waals surface area contributed by atoms with E-state index in [1.807, 2.05) is 0 Å². The second kappa shape index (κ2) is 15.0. The lowest BCUT2D eigenvalue weighted by atomic mass is 10.1. The van der Waals surface area contributed by atoms with Gasteiger partial charge < -0.3 is 15.2 Å². The molecule has 1 atom stereocenters. The first-order chi connectivity index (χ1) is 11.5. The van der Waals surface area contributed by atoms with Gasteiger partial charge in [0.15, 0.2) is 0 Å². The van der Waals surface area contributed by atoms with E-state index in [1.165, 1.54) is 52.1 Å². The second-order valence-electron chi connectivity index (χ2n) is 6.17. The SMILES string of the molecule is CCCCCCCCCCCCC(=O)NC(CC(=O)O)C(=O)OC. The van der Waals surface area contributed by atoms with E-state index in [0.29, 0.717) is 6.42 Å². The van der Waals surface area contributed by atoms with E-state index in [2.05, 4.69) is 17.0 Å². The van der Waals surface area contributed by atoms with Crippen molar-refractivity contribution in [2.75, 3.05) is 7.11 Å². The molecule has 0 heterocycles. The summed E-state index contributed by atoms with van der Waals surface area (Å²) < 4.78 is 4.50. The van der Waals surface area contributed by atoms with Crippen molar-refractivity contribution in [2.45, 2.75) is 90.0 Å². The average molecular weight is 343 g/mol. The van der Waals surface area contributed by atoms with Crippen LogP contribution in [-0.2, 0) is 19.1 Å². The summed E-state index contributed by atoms with van der Waals surface area (Å²) in [4.78, 5) is 33.9. The first-order valence-electron chi connectivity index (χ1n) is 9.10. The van der Waals surface area contributed by atoms with Crippen LogP contribution >= 0.6 is 0 Å².